The Morgan fingerprint density at radius 3 is 2.43 bits per heavy atom. The fraction of sp³-hybridized carbons (Fsp3) is 0.320. The van der Waals surface area contributed by atoms with Crippen LogP contribution in [0.5, 0.6) is 0 Å². The molecule has 30 heavy (non-hydrogen) atoms. The van der Waals surface area contributed by atoms with Gasteiger partial charge < -0.3 is 10.2 Å². The highest BCUT2D eigenvalue weighted by molar-refractivity contribution is 6.08. The number of carbonyl (C=O) groups excluding carboxylic acids is 2. The molecule has 0 radical (unpaired) electrons. The number of hydrogen-bond acceptors (Lipinski definition) is 2. The Kier molecular flexibility index (Phi) is 4.64. The van der Waals surface area contributed by atoms with E-state index in [1.165, 1.54) is 0 Å². The van der Waals surface area contributed by atoms with Crippen LogP contribution in [-0.2, 0) is 15.0 Å². The first-order valence-corrected chi connectivity index (χ1v) is 10.2. The van der Waals surface area contributed by atoms with Crippen molar-refractivity contribution >= 4 is 23.7 Å². The molecule has 0 saturated carbocycles. The summed E-state index contributed by atoms with van der Waals surface area (Å²) in [6.07, 6.45) is 2.06. The van der Waals surface area contributed by atoms with E-state index in [0.717, 1.165) is 16.8 Å². The lowest BCUT2D eigenvalue weighted by Gasteiger charge is -2.31. The maximum atomic E-state index is 13.5. The van der Waals surface area contributed by atoms with Crippen molar-refractivity contribution in [1.29, 1.82) is 0 Å². The van der Waals surface area contributed by atoms with E-state index in [4.69, 9.17) is 0 Å². The molecule has 5 heteroatoms. The molecule has 2 heterocycles. The van der Waals surface area contributed by atoms with Crippen molar-refractivity contribution in [2.75, 3.05) is 13.6 Å². The van der Waals surface area contributed by atoms with Gasteiger partial charge in [-0.05, 0) is 26.3 Å². The van der Waals surface area contributed by atoms with Crippen molar-refractivity contribution in [3.63, 3.8) is 0 Å². The molecule has 2 amide bonds. The number of nitrogens with one attached hydrogen (secondary N) is 1. The molecule has 2 unspecified atom stereocenters. The molecule has 2 aromatic carbocycles. The third-order valence-corrected chi connectivity index (χ3v) is 5.83. The van der Waals surface area contributed by atoms with E-state index in [0.29, 0.717) is 12.1 Å². The van der Waals surface area contributed by atoms with E-state index in [1.807, 2.05) is 87.0 Å². The summed E-state index contributed by atoms with van der Waals surface area (Å²) in [6, 6.07) is 16.8. The van der Waals surface area contributed by atoms with E-state index in [2.05, 4.69) is 18.1 Å². The first-order chi connectivity index (χ1) is 14.1. The number of nitrogens with zero attached hydrogens (tertiary/aromatic N) is 2. The van der Waals surface area contributed by atoms with E-state index < -0.39 is 17.0 Å². The van der Waals surface area contributed by atoms with Crippen LogP contribution in [0.4, 0.5) is 5.69 Å². The molecule has 1 fully saturated rings. The molecule has 5 nitrogen and oxygen atoms in total. The Balaban J connectivity index is 1.79. The summed E-state index contributed by atoms with van der Waals surface area (Å²) >= 11 is 0. The van der Waals surface area contributed by atoms with E-state index in [-0.39, 0.29) is 11.8 Å². The van der Waals surface area contributed by atoms with Gasteiger partial charge in [-0.25, -0.2) is 4.58 Å². The van der Waals surface area contributed by atoms with Gasteiger partial charge in [0.1, 0.15) is 18.5 Å². The van der Waals surface area contributed by atoms with Crippen LogP contribution < -0.4 is 5.32 Å². The molecule has 2 aliphatic heterocycles. The van der Waals surface area contributed by atoms with Gasteiger partial charge in [-0.15, -0.1) is 0 Å². The first-order valence-electron chi connectivity index (χ1n) is 10.2. The van der Waals surface area contributed by atoms with Crippen molar-refractivity contribution in [2.24, 2.45) is 0 Å². The number of rotatable bonds is 3. The number of benzene rings is 2. The minimum atomic E-state index is -0.722. The van der Waals surface area contributed by atoms with Gasteiger partial charge in [0.05, 0.1) is 0 Å². The molecular weight excluding hydrogens is 374 g/mol. The molecule has 2 aliphatic rings. The minimum Gasteiger partial charge on any atom is -0.349 e. The van der Waals surface area contributed by atoms with Gasteiger partial charge in [0.25, 0.3) is 5.91 Å². The van der Waals surface area contributed by atoms with Gasteiger partial charge in [0.15, 0.2) is 6.21 Å². The standard InChI is InChI=1S/C25H27N3O2/c1-17-23(30)28(16-25(17)15-27(5)20-14-10-9-13-19(20)25)21(18-11-7-6-8-12-18)22(29)26-24(2,3)4/h6-15,21H,1,16H2,2-5H3/p+1. The van der Waals surface area contributed by atoms with Crippen LogP contribution in [0.15, 0.2) is 66.7 Å². The van der Waals surface area contributed by atoms with Crippen molar-refractivity contribution in [2.45, 2.75) is 37.8 Å². The number of fused-ring (bicyclic) bond motifs is 2. The van der Waals surface area contributed by atoms with Crippen molar-refractivity contribution in [1.82, 2.24) is 10.2 Å². The van der Waals surface area contributed by atoms with Gasteiger partial charge in [-0.1, -0.05) is 55.1 Å². The zero-order valence-corrected chi connectivity index (χ0v) is 18.0. The first kappa shape index (κ1) is 20.1. The molecule has 2 atom stereocenters. The molecular formula is C25H28N3O2+. The predicted octanol–water partition coefficient (Wildman–Crippen LogP) is 3.34. The Morgan fingerprint density at radius 2 is 1.77 bits per heavy atom. The number of amides is 2. The Labute approximate surface area is 177 Å². The zero-order valence-electron chi connectivity index (χ0n) is 18.0. The largest absolute Gasteiger partial charge is 0.349 e. The van der Waals surface area contributed by atoms with E-state index >= 15 is 0 Å². The average Bonchev–Trinajstić information content (AvgIpc) is 3.11. The summed E-state index contributed by atoms with van der Waals surface area (Å²) in [5.74, 6) is -0.374. The van der Waals surface area contributed by atoms with Gasteiger partial charge in [-0.2, -0.15) is 0 Å². The second-order valence-corrected chi connectivity index (χ2v) is 9.19. The third kappa shape index (κ3) is 3.15. The maximum Gasteiger partial charge on any atom is 0.251 e. The van der Waals surface area contributed by atoms with E-state index in [9.17, 15) is 9.59 Å². The highest BCUT2D eigenvalue weighted by atomic mass is 16.2. The van der Waals surface area contributed by atoms with Crippen LogP contribution in [0.3, 0.4) is 0 Å². The topological polar surface area (TPSA) is 52.4 Å². The Bertz CT molecular complexity index is 1070. The number of likely N-dealkylation sites (tertiary alicyclic amines) is 1. The second-order valence-electron chi connectivity index (χ2n) is 9.19. The second kappa shape index (κ2) is 6.94. The van der Waals surface area contributed by atoms with Gasteiger partial charge in [-0.3, -0.25) is 9.59 Å². The lowest BCUT2D eigenvalue weighted by Crippen LogP contribution is -2.48. The van der Waals surface area contributed by atoms with Crippen molar-refractivity contribution in [3.8, 4) is 0 Å². The highest BCUT2D eigenvalue weighted by Gasteiger charge is 2.57. The van der Waals surface area contributed by atoms with Crippen LogP contribution in [0.1, 0.15) is 37.9 Å². The van der Waals surface area contributed by atoms with Crippen LogP contribution >= 0.6 is 0 Å². The summed E-state index contributed by atoms with van der Waals surface area (Å²) in [7, 11) is 1.98. The quantitative estimate of drug-likeness (QED) is 0.632. The predicted molar refractivity (Wildman–Crippen MR) is 118 cm³/mol. The molecule has 4 rings (SSSR count). The normalized spacial score (nSPS) is 21.6. The number of carbonyl (C=O) groups is 2. The van der Waals surface area contributed by atoms with E-state index in [1.54, 1.807) is 4.90 Å². The van der Waals surface area contributed by atoms with Gasteiger partial charge >= 0.3 is 0 Å². The molecule has 1 N–H and O–H groups in total. The summed E-state index contributed by atoms with van der Waals surface area (Å²) < 4.78 is 2.05. The van der Waals surface area contributed by atoms with Crippen molar-refractivity contribution in [3.05, 3.63) is 77.9 Å². The van der Waals surface area contributed by atoms with Gasteiger partial charge in [0, 0.05) is 29.3 Å². The summed E-state index contributed by atoms with van der Waals surface area (Å²) in [6.45, 7) is 10.4. The van der Waals surface area contributed by atoms with Gasteiger partial charge in [0.2, 0.25) is 11.6 Å². The van der Waals surface area contributed by atoms with Crippen LogP contribution in [0, 0.1) is 0 Å². The lowest BCUT2D eigenvalue weighted by molar-refractivity contribution is -0.397. The molecule has 154 valence electrons. The number of hydrogen-bond donors (Lipinski definition) is 1. The fourth-order valence-electron chi connectivity index (χ4n) is 4.55. The summed E-state index contributed by atoms with van der Waals surface area (Å²) in [5.41, 5.74) is 2.37. The molecule has 2 aromatic rings. The SMILES string of the molecule is C=C1C(=O)N(C(C(=O)NC(C)(C)C)c2ccccc2)CC12C=[N+](C)c1ccccc12. The van der Waals surface area contributed by atoms with Crippen LogP contribution in [0.25, 0.3) is 0 Å². The Hall–Kier alpha value is -3.21. The minimum absolute atomic E-state index is 0.186. The third-order valence-electron chi connectivity index (χ3n) is 5.83. The molecule has 0 aliphatic carbocycles. The average molecular weight is 403 g/mol. The van der Waals surface area contributed by atoms with Crippen molar-refractivity contribution < 1.29 is 14.2 Å². The van der Waals surface area contributed by atoms with Crippen LogP contribution in [-0.4, -0.2) is 46.6 Å². The maximum absolute atomic E-state index is 13.5. The molecule has 1 saturated heterocycles. The number of para-hydroxylation sites is 1. The molecule has 1 spiro atoms. The Morgan fingerprint density at radius 1 is 1.13 bits per heavy atom. The monoisotopic (exact) mass is 402 g/mol. The fourth-order valence-corrected chi connectivity index (χ4v) is 4.55. The smallest absolute Gasteiger partial charge is 0.251 e. The van der Waals surface area contributed by atoms with Crippen LogP contribution in [0.2, 0.25) is 0 Å². The zero-order chi connectivity index (χ0) is 21.7. The lowest BCUT2D eigenvalue weighted by atomic mass is 9.78. The molecule has 0 bridgehead atoms. The summed E-state index contributed by atoms with van der Waals surface area (Å²) in [4.78, 5) is 28.5. The summed E-state index contributed by atoms with van der Waals surface area (Å²) in [5, 5.41) is 3.05. The molecule has 0 aromatic heterocycles. The highest BCUT2D eigenvalue weighted by Crippen LogP contribution is 2.47.